The largest absolute Gasteiger partial charge is 0.480 e. The van der Waals surface area contributed by atoms with Crippen LogP contribution in [-0.4, -0.2) is 58.2 Å². The maximum atomic E-state index is 11.7. The van der Waals surface area contributed by atoms with E-state index in [2.05, 4.69) is 30.1 Å². The van der Waals surface area contributed by atoms with E-state index >= 15 is 0 Å². The van der Waals surface area contributed by atoms with E-state index in [1.165, 1.54) is 13.4 Å². The van der Waals surface area contributed by atoms with Gasteiger partial charge in [-0.05, 0) is 30.2 Å². The average Bonchev–Trinajstić information content (AvgIpc) is 3.24. The first-order valence-corrected chi connectivity index (χ1v) is 11.9. The van der Waals surface area contributed by atoms with Gasteiger partial charge < -0.3 is 15.2 Å². The molecule has 3 aromatic heterocycles. The fraction of sp³-hybridized carbons (Fsp3) is 0.238. The highest BCUT2D eigenvalue weighted by Gasteiger charge is 2.13. The summed E-state index contributed by atoms with van der Waals surface area (Å²) in [6.45, 7) is 0.713. The fourth-order valence-corrected chi connectivity index (χ4v) is 3.85. The van der Waals surface area contributed by atoms with Crippen molar-refractivity contribution in [1.82, 2.24) is 24.7 Å². The molecule has 172 valence electrons. The molecule has 0 aliphatic heterocycles. The molecule has 0 aliphatic carbocycles. The first-order chi connectivity index (χ1) is 15.9. The minimum Gasteiger partial charge on any atom is -0.480 e. The van der Waals surface area contributed by atoms with Crippen molar-refractivity contribution in [3.8, 4) is 17.0 Å². The molecule has 33 heavy (non-hydrogen) atoms. The number of anilines is 3. The van der Waals surface area contributed by atoms with Crippen molar-refractivity contribution in [2.75, 3.05) is 30.0 Å². The minimum atomic E-state index is -3.51. The Morgan fingerprint density at radius 1 is 1.12 bits per heavy atom. The van der Waals surface area contributed by atoms with E-state index in [0.29, 0.717) is 24.3 Å². The topological polar surface area (TPSA) is 144 Å². The monoisotopic (exact) mass is 469 g/mol. The van der Waals surface area contributed by atoms with E-state index in [0.717, 1.165) is 28.4 Å². The van der Waals surface area contributed by atoms with Crippen LogP contribution in [0.2, 0.25) is 0 Å². The minimum absolute atomic E-state index is 0.101. The lowest BCUT2D eigenvalue weighted by molar-refractivity contribution is 0.277. The lowest BCUT2D eigenvalue weighted by atomic mass is 10.0. The SMILES string of the molecule is COc1ncc(-c2ccc3ncnc(Nc4cnn(CCCO)c4)c3c2)cc1NS(C)(=O)=O. The number of methoxy groups -OCH3 is 1. The summed E-state index contributed by atoms with van der Waals surface area (Å²) < 4.78 is 32.8. The summed E-state index contributed by atoms with van der Waals surface area (Å²) in [6.07, 6.45) is 8.29. The molecule has 1 aromatic carbocycles. The number of fused-ring (bicyclic) bond motifs is 1. The summed E-state index contributed by atoms with van der Waals surface area (Å²) in [7, 11) is -2.09. The van der Waals surface area contributed by atoms with Crippen molar-refractivity contribution >= 4 is 38.1 Å². The van der Waals surface area contributed by atoms with Crippen LogP contribution in [0.25, 0.3) is 22.0 Å². The van der Waals surface area contributed by atoms with Crippen molar-refractivity contribution < 1.29 is 18.3 Å². The second-order valence-electron chi connectivity index (χ2n) is 7.30. The predicted octanol–water partition coefficient (Wildman–Crippen LogP) is 2.39. The molecule has 12 heteroatoms. The van der Waals surface area contributed by atoms with Gasteiger partial charge in [-0.25, -0.2) is 23.4 Å². The van der Waals surface area contributed by atoms with Crippen molar-refractivity contribution in [2.45, 2.75) is 13.0 Å². The van der Waals surface area contributed by atoms with Crippen LogP contribution < -0.4 is 14.8 Å². The molecule has 0 saturated carbocycles. The van der Waals surface area contributed by atoms with Gasteiger partial charge in [0, 0.05) is 36.5 Å². The third kappa shape index (κ3) is 5.35. The molecule has 11 nitrogen and oxygen atoms in total. The number of ether oxygens (including phenoxy) is 1. The van der Waals surface area contributed by atoms with Crippen LogP contribution in [0.3, 0.4) is 0 Å². The van der Waals surface area contributed by atoms with Gasteiger partial charge in [-0.1, -0.05) is 6.07 Å². The second-order valence-corrected chi connectivity index (χ2v) is 9.05. The molecule has 4 rings (SSSR count). The number of aromatic nitrogens is 5. The van der Waals surface area contributed by atoms with Gasteiger partial charge in [0.05, 0.1) is 30.8 Å². The number of sulfonamides is 1. The highest BCUT2D eigenvalue weighted by molar-refractivity contribution is 7.92. The summed E-state index contributed by atoms with van der Waals surface area (Å²) in [5.41, 5.74) is 3.22. The number of nitrogens with one attached hydrogen (secondary N) is 2. The summed E-state index contributed by atoms with van der Waals surface area (Å²) in [5.74, 6) is 0.772. The van der Waals surface area contributed by atoms with Crippen molar-refractivity contribution in [3.05, 3.63) is 49.2 Å². The fourth-order valence-electron chi connectivity index (χ4n) is 3.30. The summed E-state index contributed by atoms with van der Waals surface area (Å²) in [5, 5.41) is 17.3. The molecule has 0 atom stereocenters. The number of hydrogen-bond acceptors (Lipinski definition) is 9. The van der Waals surface area contributed by atoms with Crippen molar-refractivity contribution in [2.24, 2.45) is 0 Å². The van der Waals surface area contributed by atoms with Gasteiger partial charge in [0.1, 0.15) is 17.8 Å². The molecule has 3 heterocycles. The van der Waals surface area contributed by atoms with Gasteiger partial charge >= 0.3 is 0 Å². The lowest BCUT2D eigenvalue weighted by Gasteiger charge is -2.12. The number of aliphatic hydroxyl groups excluding tert-OH is 1. The van der Waals surface area contributed by atoms with E-state index in [1.807, 2.05) is 24.4 Å². The van der Waals surface area contributed by atoms with E-state index in [9.17, 15) is 8.42 Å². The molecular weight excluding hydrogens is 446 g/mol. The third-order valence-electron chi connectivity index (χ3n) is 4.75. The van der Waals surface area contributed by atoms with Gasteiger partial charge in [0.25, 0.3) is 0 Å². The Morgan fingerprint density at radius 2 is 1.97 bits per heavy atom. The van der Waals surface area contributed by atoms with Crippen molar-refractivity contribution in [3.63, 3.8) is 0 Å². The maximum Gasteiger partial charge on any atom is 0.238 e. The molecule has 0 spiro atoms. The molecular formula is C21H23N7O4S. The van der Waals surface area contributed by atoms with E-state index in [4.69, 9.17) is 9.84 Å². The molecule has 0 bridgehead atoms. The quantitative estimate of drug-likeness (QED) is 0.336. The van der Waals surface area contributed by atoms with Gasteiger partial charge in [-0.15, -0.1) is 0 Å². The highest BCUT2D eigenvalue weighted by atomic mass is 32.2. The Bertz CT molecular complexity index is 1390. The predicted molar refractivity (Wildman–Crippen MR) is 125 cm³/mol. The number of rotatable bonds is 9. The standard InChI is InChI=1S/C21H23N7O4S/c1-32-21-19(27-33(2,30)31)9-15(10-22-21)14-4-5-18-17(8-14)20(24-13-23-18)26-16-11-25-28(12-16)6-3-7-29/h4-5,8-13,27,29H,3,6-7H2,1-2H3,(H,23,24,26). The summed E-state index contributed by atoms with van der Waals surface area (Å²) in [6, 6.07) is 7.30. The van der Waals surface area contributed by atoms with Gasteiger partial charge in [-0.2, -0.15) is 5.10 Å². The number of aryl methyl sites for hydroxylation is 1. The Hall–Kier alpha value is -3.77. The number of benzene rings is 1. The van der Waals surface area contributed by atoms with Crippen LogP contribution >= 0.6 is 0 Å². The molecule has 0 fully saturated rings. The van der Waals surface area contributed by atoms with Crippen LogP contribution in [0.4, 0.5) is 17.2 Å². The molecule has 0 aliphatic rings. The molecule has 0 radical (unpaired) electrons. The number of hydrogen-bond donors (Lipinski definition) is 3. The number of aliphatic hydroxyl groups is 1. The molecule has 0 amide bonds. The Labute approximate surface area is 190 Å². The van der Waals surface area contributed by atoms with Gasteiger partial charge in [0.15, 0.2) is 0 Å². The zero-order chi connectivity index (χ0) is 23.4. The van der Waals surface area contributed by atoms with Crippen LogP contribution in [0.5, 0.6) is 5.88 Å². The third-order valence-corrected chi connectivity index (χ3v) is 5.34. The summed E-state index contributed by atoms with van der Waals surface area (Å²) >= 11 is 0. The number of pyridine rings is 1. The smallest absolute Gasteiger partial charge is 0.238 e. The molecule has 0 unspecified atom stereocenters. The molecule has 0 saturated heterocycles. The van der Waals surface area contributed by atoms with Gasteiger partial charge in [0.2, 0.25) is 15.9 Å². The maximum absolute atomic E-state index is 11.7. The summed E-state index contributed by atoms with van der Waals surface area (Å²) in [4.78, 5) is 12.9. The zero-order valence-corrected chi connectivity index (χ0v) is 18.9. The second kappa shape index (κ2) is 9.38. The Balaban J connectivity index is 1.69. The van der Waals surface area contributed by atoms with Gasteiger partial charge in [-0.3, -0.25) is 9.40 Å². The lowest BCUT2D eigenvalue weighted by Crippen LogP contribution is -2.11. The average molecular weight is 470 g/mol. The van der Waals surface area contributed by atoms with Crippen LogP contribution in [-0.2, 0) is 16.6 Å². The van der Waals surface area contributed by atoms with Crippen LogP contribution in [0.15, 0.2) is 49.2 Å². The van der Waals surface area contributed by atoms with E-state index < -0.39 is 10.0 Å². The highest BCUT2D eigenvalue weighted by Crippen LogP contribution is 2.32. The van der Waals surface area contributed by atoms with Crippen LogP contribution in [0, 0.1) is 0 Å². The molecule has 3 N–H and O–H groups in total. The van der Waals surface area contributed by atoms with E-state index in [1.54, 1.807) is 23.1 Å². The zero-order valence-electron chi connectivity index (χ0n) is 18.1. The normalized spacial score (nSPS) is 11.5. The number of nitrogens with zero attached hydrogens (tertiary/aromatic N) is 5. The first-order valence-electron chi connectivity index (χ1n) is 10.0. The van der Waals surface area contributed by atoms with Crippen molar-refractivity contribution in [1.29, 1.82) is 0 Å². The van der Waals surface area contributed by atoms with E-state index in [-0.39, 0.29) is 18.2 Å². The molecule has 4 aromatic rings. The first kappa shape index (κ1) is 22.4. The Morgan fingerprint density at radius 3 is 2.73 bits per heavy atom. The van der Waals surface area contributed by atoms with Crippen LogP contribution in [0.1, 0.15) is 6.42 Å². The Kier molecular flexibility index (Phi) is 6.38.